The van der Waals surface area contributed by atoms with Crippen molar-refractivity contribution < 1.29 is 5.48 Å². The number of thiazole rings is 1. The van der Waals surface area contributed by atoms with E-state index < -0.39 is 16.8 Å². The van der Waals surface area contributed by atoms with Gasteiger partial charge in [0.25, 0.3) is 0 Å². The Kier molecular flexibility index (Phi) is 8.06. The van der Waals surface area contributed by atoms with E-state index in [1.165, 1.54) is 11.3 Å². The van der Waals surface area contributed by atoms with Gasteiger partial charge in [0.05, 0.1) is 10.2 Å². The van der Waals surface area contributed by atoms with Crippen molar-refractivity contribution in [1.29, 1.82) is 0 Å². The second kappa shape index (κ2) is 7.77. The molecule has 84 valence electrons. The van der Waals surface area contributed by atoms with Crippen molar-refractivity contribution in [2.24, 2.45) is 0 Å². The number of fused-ring (bicyclic) bond motifs is 1. The van der Waals surface area contributed by atoms with Crippen molar-refractivity contribution in [3.63, 3.8) is 0 Å². The molecule has 0 unspecified atom stereocenters. The molecule has 2 rings (SSSR count). The molecule has 1 aromatic heterocycles. The third kappa shape index (κ3) is 6.00. The Labute approximate surface area is 109 Å². The molecule has 15 heavy (non-hydrogen) atoms. The van der Waals surface area contributed by atoms with Crippen molar-refractivity contribution in [1.82, 2.24) is 4.98 Å². The number of rotatable bonds is 0. The molecule has 3 N–H and O–H groups in total. The van der Waals surface area contributed by atoms with Crippen LogP contribution in [0.4, 0.5) is 5.13 Å². The Bertz CT molecular complexity index is 376. The van der Waals surface area contributed by atoms with Gasteiger partial charge in [0, 0.05) is 0 Å². The van der Waals surface area contributed by atoms with Gasteiger partial charge in [-0.2, -0.15) is 0 Å². The molecular formula is C7H7Cl3N2OSSb-. The fourth-order valence-electron chi connectivity index (χ4n) is 0.890. The van der Waals surface area contributed by atoms with Crippen molar-refractivity contribution in [2.45, 2.75) is 0 Å². The second-order valence-corrected chi connectivity index (χ2v) is 14.7. The van der Waals surface area contributed by atoms with E-state index in [1.807, 2.05) is 24.3 Å². The first-order chi connectivity index (χ1) is 6.59. The maximum absolute atomic E-state index is 5.50. The molecule has 8 heteroatoms. The summed E-state index contributed by atoms with van der Waals surface area (Å²) < 4.78 is 1.15. The van der Waals surface area contributed by atoms with Crippen LogP contribution in [0.2, 0.25) is 0 Å². The molecule has 0 bridgehead atoms. The molecule has 0 aliphatic carbocycles. The zero-order chi connectivity index (χ0) is 10.6. The minimum Gasteiger partial charge on any atom is -0.870 e. The van der Waals surface area contributed by atoms with E-state index in [1.54, 1.807) is 0 Å². The number of aromatic nitrogens is 1. The van der Waals surface area contributed by atoms with Crippen LogP contribution in [-0.2, 0) is 0 Å². The smallest absolute Gasteiger partial charge is 0.870 e. The number of nitrogen functional groups attached to an aromatic ring is 1. The molecule has 3 nitrogen and oxygen atoms in total. The summed E-state index contributed by atoms with van der Waals surface area (Å²) in [6.45, 7) is 0. The van der Waals surface area contributed by atoms with Gasteiger partial charge in [-0.1, -0.05) is 23.5 Å². The number of benzene rings is 1. The monoisotopic (exact) mass is 393 g/mol. The third-order valence-electron chi connectivity index (χ3n) is 1.31. The number of anilines is 1. The maximum atomic E-state index is 5.50. The summed E-state index contributed by atoms with van der Waals surface area (Å²) in [7, 11) is 15.0. The predicted molar refractivity (Wildman–Crippen MR) is 69.3 cm³/mol. The molecule has 0 aliphatic heterocycles. The van der Waals surface area contributed by atoms with E-state index in [2.05, 4.69) is 4.98 Å². The van der Waals surface area contributed by atoms with Crippen LogP contribution >= 0.6 is 37.8 Å². The fraction of sp³-hybridized carbons (Fsp3) is 0. The zero-order valence-electron chi connectivity index (χ0n) is 7.27. The Hall–Kier alpha value is 0.558. The fourth-order valence-corrected chi connectivity index (χ4v) is 1.62. The van der Waals surface area contributed by atoms with Crippen LogP contribution in [-0.4, -0.2) is 27.2 Å². The van der Waals surface area contributed by atoms with Gasteiger partial charge in [0.15, 0.2) is 5.13 Å². The van der Waals surface area contributed by atoms with Crippen LogP contribution in [0, 0.1) is 0 Å². The minimum atomic E-state index is -2.03. The molecule has 2 aromatic rings. The first kappa shape index (κ1) is 15.6. The summed E-state index contributed by atoms with van der Waals surface area (Å²) in [5.41, 5.74) is 6.49. The Morgan fingerprint density at radius 3 is 2.27 bits per heavy atom. The molecule has 0 radical (unpaired) electrons. The van der Waals surface area contributed by atoms with Crippen LogP contribution < -0.4 is 5.73 Å². The van der Waals surface area contributed by atoms with Gasteiger partial charge in [-0.05, 0) is 12.1 Å². The van der Waals surface area contributed by atoms with Gasteiger partial charge in [-0.15, -0.1) is 0 Å². The number of nitrogens with two attached hydrogens (primary N) is 1. The molecular weight excluding hydrogens is 388 g/mol. The normalized spacial score (nSPS) is 9.33. The molecule has 0 saturated carbocycles. The van der Waals surface area contributed by atoms with E-state index in [0.29, 0.717) is 5.13 Å². The van der Waals surface area contributed by atoms with Crippen LogP contribution in [0.25, 0.3) is 10.2 Å². The first-order valence-electron chi connectivity index (χ1n) is 3.48. The molecule has 0 aliphatic rings. The van der Waals surface area contributed by atoms with Crippen LogP contribution in [0.15, 0.2) is 24.3 Å². The molecule has 0 fully saturated rings. The van der Waals surface area contributed by atoms with Crippen molar-refractivity contribution in [3.8, 4) is 0 Å². The maximum Gasteiger partial charge on any atom is -0.870 e. The standard InChI is InChI=1S/C7H6N2S.3ClH.H2O.Sb/c8-7-9-5-3-1-2-4-6(5)10-7;;;;;/h1-4H,(H2,8,9);3*1H;1H2;/q;;;;;+3/p-4. The van der Waals surface area contributed by atoms with E-state index in [0.717, 1.165) is 10.2 Å². The van der Waals surface area contributed by atoms with Gasteiger partial charge in [0.2, 0.25) is 0 Å². The number of para-hydroxylation sites is 1. The molecule has 1 aromatic carbocycles. The number of hydrogen-bond donors (Lipinski definition) is 1. The zero-order valence-corrected chi connectivity index (χ0v) is 12.9. The summed E-state index contributed by atoms with van der Waals surface area (Å²) in [4.78, 5) is 4.11. The molecule has 0 saturated heterocycles. The van der Waals surface area contributed by atoms with E-state index in [9.17, 15) is 0 Å². The number of nitrogens with zero attached hydrogens (tertiary/aromatic N) is 1. The minimum absolute atomic E-state index is 0. The Balaban J connectivity index is 0.000000346. The van der Waals surface area contributed by atoms with Crippen LogP contribution in [0.1, 0.15) is 0 Å². The average Bonchev–Trinajstić information content (AvgIpc) is 2.42. The van der Waals surface area contributed by atoms with Gasteiger partial charge in [-0.25, -0.2) is 4.98 Å². The SMILES string of the molecule is Nc1nc2ccccc2s1.[Cl][Sb]([Cl])[Cl].[OH-]. The van der Waals surface area contributed by atoms with Crippen LogP contribution in [0.5, 0.6) is 0 Å². The third-order valence-corrected chi connectivity index (χ3v) is 2.18. The quantitative estimate of drug-likeness (QED) is 0.696. The van der Waals surface area contributed by atoms with Gasteiger partial charge in [0.1, 0.15) is 0 Å². The average molecular weight is 395 g/mol. The Morgan fingerprint density at radius 2 is 1.73 bits per heavy atom. The number of hydrogen-bond acceptors (Lipinski definition) is 4. The van der Waals surface area contributed by atoms with E-state index in [-0.39, 0.29) is 5.48 Å². The molecule has 0 spiro atoms. The van der Waals surface area contributed by atoms with Crippen molar-refractivity contribution in [2.75, 3.05) is 5.73 Å². The number of halogens is 3. The summed E-state index contributed by atoms with van der Waals surface area (Å²) in [6, 6.07) is 7.92. The summed E-state index contributed by atoms with van der Waals surface area (Å²) in [6.07, 6.45) is 0. The second-order valence-electron chi connectivity index (χ2n) is 2.21. The summed E-state index contributed by atoms with van der Waals surface area (Å²) in [5.74, 6) is 0. The van der Waals surface area contributed by atoms with Gasteiger partial charge < -0.3 is 11.2 Å². The van der Waals surface area contributed by atoms with Gasteiger partial charge in [-0.3, -0.25) is 0 Å². The van der Waals surface area contributed by atoms with Gasteiger partial charge >= 0.3 is 43.3 Å². The first-order valence-corrected chi connectivity index (χ1v) is 14.0. The van der Waals surface area contributed by atoms with E-state index >= 15 is 0 Å². The predicted octanol–water partition coefficient (Wildman–Crippen LogP) is 3.39. The largest absolute Gasteiger partial charge is 0.870 e. The molecule has 0 atom stereocenters. The molecule has 1 heterocycles. The Morgan fingerprint density at radius 1 is 1.20 bits per heavy atom. The van der Waals surface area contributed by atoms with Crippen molar-refractivity contribution in [3.05, 3.63) is 24.3 Å². The van der Waals surface area contributed by atoms with Crippen molar-refractivity contribution >= 4 is 70.0 Å². The van der Waals surface area contributed by atoms with E-state index in [4.69, 9.17) is 32.2 Å². The summed E-state index contributed by atoms with van der Waals surface area (Å²) >= 11 is -0.515. The molecule has 0 amide bonds. The van der Waals surface area contributed by atoms with Crippen LogP contribution in [0.3, 0.4) is 0 Å². The topological polar surface area (TPSA) is 68.9 Å². The summed E-state index contributed by atoms with van der Waals surface area (Å²) in [5, 5.41) is 0.640.